The summed E-state index contributed by atoms with van der Waals surface area (Å²) in [5.74, 6) is 2.09. The van der Waals surface area contributed by atoms with Gasteiger partial charge < -0.3 is 14.7 Å². The summed E-state index contributed by atoms with van der Waals surface area (Å²) >= 11 is 0. The molecule has 9 nitrogen and oxygen atoms in total. The van der Waals surface area contributed by atoms with Crippen LogP contribution in [0.5, 0.6) is 0 Å². The maximum atomic E-state index is 12.8. The SMILES string of the molecule is CN1CC(C(=O)N2CCC(c3nnc4ccc(N5CCC5)nn34)CC2)CC1=O. The Morgan fingerprint density at radius 2 is 1.89 bits per heavy atom. The third kappa shape index (κ3) is 2.89. The Hall–Kier alpha value is -2.71. The van der Waals surface area contributed by atoms with Crippen LogP contribution in [0, 0.1) is 5.92 Å². The summed E-state index contributed by atoms with van der Waals surface area (Å²) in [5.41, 5.74) is 0.769. The third-order valence-electron chi connectivity index (χ3n) is 6.31. The predicted molar refractivity (Wildman–Crippen MR) is 102 cm³/mol. The number of aromatic nitrogens is 4. The van der Waals surface area contributed by atoms with E-state index in [1.54, 1.807) is 11.9 Å². The number of carbonyl (C=O) groups is 2. The fourth-order valence-corrected chi connectivity index (χ4v) is 4.41. The first kappa shape index (κ1) is 17.4. The second-order valence-electron chi connectivity index (χ2n) is 8.14. The molecule has 0 N–H and O–H groups in total. The van der Waals surface area contributed by atoms with E-state index in [2.05, 4.69) is 15.1 Å². The second kappa shape index (κ2) is 6.72. The molecule has 9 heteroatoms. The average molecular weight is 383 g/mol. The molecule has 28 heavy (non-hydrogen) atoms. The van der Waals surface area contributed by atoms with Gasteiger partial charge in [0.05, 0.1) is 5.92 Å². The summed E-state index contributed by atoms with van der Waals surface area (Å²) in [6.07, 6.45) is 3.24. The van der Waals surface area contributed by atoms with E-state index < -0.39 is 0 Å². The lowest BCUT2D eigenvalue weighted by Crippen LogP contribution is -2.42. The molecule has 0 saturated carbocycles. The highest BCUT2D eigenvalue weighted by Gasteiger charge is 2.36. The molecule has 148 valence electrons. The van der Waals surface area contributed by atoms with Gasteiger partial charge in [-0.1, -0.05) is 0 Å². The van der Waals surface area contributed by atoms with Gasteiger partial charge in [0.25, 0.3) is 0 Å². The van der Waals surface area contributed by atoms with E-state index in [0.717, 1.165) is 43.2 Å². The molecule has 2 aromatic rings. The molecule has 0 spiro atoms. The van der Waals surface area contributed by atoms with Crippen LogP contribution in [-0.2, 0) is 9.59 Å². The zero-order valence-electron chi connectivity index (χ0n) is 16.1. The molecular formula is C19H25N7O2. The van der Waals surface area contributed by atoms with Crippen LogP contribution in [0.25, 0.3) is 5.65 Å². The van der Waals surface area contributed by atoms with Crippen molar-refractivity contribution in [3.63, 3.8) is 0 Å². The molecule has 0 aliphatic carbocycles. The van der Waals surface area contributed by atoms with Crippen molar-refractivity contribution in [3.8, 4) is 0 Å². The highest BCUT2D eigenvalue weighted by molar-refractivity contribution is 5.89. The van der Waals surface area contributed by atoms with Crippen molar-refractivity contribution >= 4 is 23.3 Å². The summed E-state index contributed by atoms with van der Waals surface area (Å²) in [6.45, 7) is 4.03. The molecular weight excluding hydrogens is 358 g/mol. The Morgan fingerprint density at radius 3 is 2.54 bits per heavy atom. The van der Waals surface area contributed by atoms with E-state index in [4.69, 9.17) is 5.10 Å². The highest BCUT2D eigenvalue weighted by atomic mass is 16.2. The number of piperidine rings is 1. The first-order valence-electron chi connectivity index (χ1n) is 10.1. The summed E-state index contributed by atoms with van der Waals surface area (Å²) in [4.78, 5) is 30.3. The van der Waals surface area contributed by atoms with Gasteiger partial charge in [-0.2, -0.15) is 4.52 Å². The Bertz CT molecular complexity index is 914. The minimum Gasteiger partial charge on any atom is -0.355 e. The van der Waals surface area contributed by atoms with E-state index in [-0.39, 0.29) is 23.7 Å². The summed E-state index contributed by atoms with van der Waals surface area (Å²) < 4.78 is 1.88. The fraction of sp³-hybridized carbons (Fsp3) is 0.632. The number of carbonyl (C=O) groups excluding carboxylic acids is 2. The zero-order chi connectivity index (χ0) is 19.3. The lowest BCUT2D eigenvalue weighted by atomic mass is 9.94. The summed E-state index contributed by atoms with van der Waals surface area (Å²) in [5, 5.41) is 13.4. The Balaban J connectivity index is 1.28. The quantitative estimate of drug-likeness (QED) is 0.768. The van der Waals surface area contributed by atoms with Crippen LogP contribution in [0.15, 0.2) is 12.1 Å². The zero-order valence-corrected chi connectivity index (χ0v) is 16.1. The Morgan fingerprint density at radius 1 is 1.11 bits per heavy atom. The molecule has 2 aromatic heterocycles. The molecule has 1 unspecified atom stereocenters. The molecule has 3 saturated heterocycles. The topological polar surface area (TPSA) is 86.9 Å². The van der Waals surface area contributed by atoms with Crippen molar-refractivity contribution in [1.82, 2.24) is 29.6 Å². The maximum Gasteiger partial charge on any atom is 0.227 e. The molecule has 2 amide bonds. The Kier molecular flexibility index (Phi) is 4.17. The van der Waals surface area contributed by atoms with E-state index in [9.17, 15) is 9.59 Å². The van der Waals surface area contributed by atoms with Gasteiger partial charge in [0, 0.05) is 52.1 Å². The van der Waals surface area contributed by atoms with Gasteiger partial charge in [-0.3, -0.25) is 9.59 Å². The van der Waals surface area contributed by atoms with Crippen molar-refractivity contribution < 1.29 is 9.59 Å². The third-order valence-corrected chi connectivity index (χ3v) is 6.31. The second-order valence-corrected chi connectivity index (χ2v) is 8.14. The van der Waals surface area contributed by atoms with Crippen molar-refractivity contribution in [2.45, 2.75) is 31.6 Å². The van der Waals surface area contributed by atoms with E-state index in [0.29, 0.717) is 26.1 Å². The summed E-state index contributed by atoms with van der Waals surface area (Å²) in [6, 6.07) is 3.98. The van der Waals surface area contributed by atoms with Crippen LogP contribution < -0.4 is 4.90 Å². The van der Waals surface area contributed by atoms with Crippen LogP contribution in [0.3, 0.4) is 0 Å². The van der Waals surface area contributed by atoms with Crippen molar-refractivity contribution in [2.75, 3.05) is 44.7 Å². The number of hydrogen-bond donors (Lipinski definition) is 0. The molecule has 1 atom stereocenters. The van der Waals surface area contributed by atoms with Gasteiger partial charge in [-0.05, 0) is 31.4 Å². The summed E-state index contributed by atoms with van der Waals surface area (Å²) in [7, 11) is 1.76. The van der Waals surface area contributed by atoms with E-state index >= 15 is 0 Å². The van der Waals surface area contributed by atoms with Crippen LogP contribution >= 0.6 is 0 Å². The van der Waals surface area contributed by atoms with Gasteiger partial charge in [-0.25, -0.2) is 0 Å². The number of anilines is 1. The van der Waals surface area contributed by atoms with Crippen LogP contribution in [0.4, 0.5) is 5.82 Å². The molecule has 0 radical (unpaired) electrons. The molecule has 3 aliphatic rings. The van der Waals surface area contributed by atoms with Gasteiger partial charge in [-0.15, -0.1) is 15.3 Å². The van der Waals surface area contributed by atoms with E-state index in [1.807, 2.05) is 21.5 Å². The van der Waals surface area contributed by atoms with Crippen molar-refractivity contribution in [1.29, 1.82) is 0 Å². The van der Waals surface area contributed by atoms with Crippen molar-refractivity contribution in [2.24, 2.45) is 5.92 Å². The van der Waals surface area contributed by atoms with Gasteiger partial charge in [0.2, 0.25) is 11.8 Å². The fourth-order valence-electron chi connectivity index (χ4n) is 4.41. The number of hydrogen-bond acceptors (Lipinski definition) is 6. The number of rotatable bonds is 3. The molecule has 5 heterocycles. The van der Waals surface area contributed by atoms with Gasteiger partial charge in [0.15, 0.2) is 11.5 Å². The normalized spacial score (nSPS) is 23.5. The van der Waals surface area contributed by atoms with Crippen LogP contribution in [0.2, 0.25) is 0 Å². The van der Waals surface area contributed by atoms with Crippen LogP contribution in [-0.4, -0.2) is 81.2 Å². The molecule has 3 fully saturated rings. The molecule has 5 rings (SSSR count). The highest BCUT2D eigenvalue weighted by Crippen LogP contribution is 2.29. The van der Waals surface area contributed by atoms with Crippen molar-refractivity contribution in [3.05, 3.63) is 18.0 Å². The van der Waals surface area contributed by atoms with E-state index in [1.165, 1.54) is 6.42 Å². The minimum atomic E-state index is -0.191. The number of likely N-dealkylation sites (tertiary alicyclic amines) is 2. The first-order chi connectivity index (χ1) is 13.6. The lowest BCUT2D eigenvalue weighted by Gasteiger charge is -2.33. The number of amides is 2. The largest absolute Gasteiger partial charge is 0.355 e. The Labute approximate surface area is 163 Å². The lowest BCUT2D eigenvalue weighted by molar-refractivity contribution is -0.136. The van der Waals surface area contributed by atoms with Gasteiger partial charge >= 0.3 is 0 Å². The average Bonchev–Trinajstić information content (AvgIpc) is 3.23. The molecule has 0 bridgehead atoms. The van der Waals surface area contributed by atoms with Gasteiger partial charge in [0.1, 0.15) is 5.82 Å². The molecule has 3 aliphatic heterocycles. The minimum absolute atomic E-state index is 0.0623. The number of fused-ring (bicyclic) bond motifs is 1. The monoisotopic (exact) mass is 383 g/mol. The standard InChI is InChI=1S/C19H25N7O2/c1-23-12-14(11-17(23)27)19(28)25-9-5-13(6-10-25)18-21-20-15-3-4-16(22-26(15)18)24-7-2-8-24/h3-4,13-14H,2,5-12H2,1H3. The molecule has 0 aromatic carbocycles. The maximum absolute atomic E-state index is 12.8. The smallest absolute Gasteiger partial charge is 0.227 e. The first-order valence-corrected chi connectivity index (χ1v) is 10.1. The van der Waals surface area contributed by atoms with Crippen LogP contribution in [0.1, 0.15) is 37.4 Å². The predicted octanol–water partition coefficient (Wildman–Crippen LogP) is 0.519. The number of nitrogens with zero attached hydrogens (tertiary/aromatic N) is 7.